The van der Waals surface area contributed by atoms with E-state index in [2.05, 4.69) is 10.5 Å². The monoisotopic (exact) mass is 274 g/mol. The number of hydrogen-bond acceptors (Lipinski definition) is 4. The van der Waals surface area contributed by atoms with Crippen LogP contribution in [0.4, 0.5) is 0 Å². The molecule has 0 saturated heterocycles. The molecule has 0 aliphatic carbocycles. The van der Waals surface area contributed by atoms with Gasteiger partial charge in [-0.25, -0.2) is 0 Å². The Morgan fingerprint density at radius 2 is 2.22 bits per heavy atom. The molecule has 0 unspecified atom stereocenters. The van der Waals surface area contributed by atoms with E-state index < -0.39 is 0 Å². The molecule has 1 heterocycles. The number of carbonyl (C=O) groups is 1. The predicted octanol–water partition coefficient (Wildman–Crippen LogP) is 2.35. The largest absolute Gasteiger partial charge is 0.377 e. The number of rotatable bonds is 7. The summed E-state index contributed by atoms with van der Waals surface area (Å²) in [5.41, 5.74) is -0.141. The summed E-state index contributed by atoms with van der Waals surface area (Å²) in [6.45, 7) is 4.28. The van der Waals surface area contributed by atoms with Crippen molar-refractivity contribution in [3.8, 4) is 0 Å². The molecule has 18 heavy (non-hydrogen) atoms. The van der Waals surface area contributed by atoms with Crippen LogP contribution in [0.25, 0.3) is 0 Å². The van der Waals surface area contributed by atoms with Crippen LogP contribution in [0.2, 0.25) is 0 Å². The zero-order valence-corrected chi connectivity index (χ0v) is 11.7. The molecule has 6 heteroatoms. The summed E-state index contributed by atoms with van der Waals surface area (Å²) in [6, 6.07) is 1.57. The van der Waals surface area contributed by atoms with Gasteiger partial charge in [0, 0.05) is 19.1 Å². The SMILES string of the molecule is CCC(CC)(CCl)NC(=O)c1cc(COC)on1. The molecule has 0 fully saturated rings. The van der Waals surface area contributed by atoms with Crippen LogP contribution in [0.5, 0.6) is 0 Å². The minimum Gasteiger partial charge on any atom is -0.377 e. The molecule has 0 atom stereocenters. The summed E-state index contributed by atoms with van der Waals surface area (Å²) < 4.78 is 9.87. The molecular weight excluding hydrogens is 256 g/mol. The summed E-state index contributed by atoms with van der Waals surface area (Å²) in [6.07, 6.45) is 1.53. The number of methoxy groups -OCH3 is 1. The molecule has 0 aliphatic rings. The Balaban J connectivity index is 2.74. The van der Waals surface area contributed by atoms with Gasteiger partial charge in [-0.3, -0.25) is 4.79 Å². The lowest BCUT2D eigenvalue weighted by Crippen LogP contribution is -2.49. The molecule has 1 rings (SSSR count). The van der Waals surface area contributed by atoms with Gasteiger partial charge in [0.15, 0.2) is 11.5 Å². The van der Waals surface area contributed by atoms with Crippen molar-refractivity contribution < 1.29 is 14.1 Å². The van der Waals surface area contributed by atoms with Crippen molar-refractivity contribution in [3.05, 3.63) is 17.5 Å². The first-order chi connectivity index (χ1) is 8.60. The first kappa shape index (κ1) is 15.0. The number of alkyl halides is 1. The average molecular weight is 275 g/mol. The van der Waals surface area contributed by atoms with Gasteiger partial charge in [0.2, 0.25) is 0 Å². The molecule has 5 nitrogen and oxygen atoms in total. The molecule has 1 N–H and O–H groups in total. The Bertz CT molecular complexity index is 380. The second kappa shape index (κ2) is 6.75. The van der Waals surface area contributed by atoms with Gasteiger partial charge in [-0.15, -0.1) is 11.6 Å². The van der Waals surface area contributed by atoms with Crippen molar-refractivity contribution >= 4 is 17.5 Å². The normalized spacial score (nSPS) is 11.6. The maximum atomic E-state index is 12.0. The van der Waals surface area contributed by atoms with E-state index in [9.17, 15) is 4.79 Å². The molecule has 0 bridgehead atoms. The number of aromatic nitrogens is 1. The number of hydrogen-bond donors (Lipinski definition) is 1. The smallest absolute Gasteiger partial charge is 0.273 e. The van der Waals surface area contributed by atoms with E-state index in [4.69, 9.17) is 20.9 Å². The van der Waals surface area contributed by atoms with Gasteiger partial charge in [0.25, 0.3) is 5.91 Å². The fourth-order valence-corrected chi connectivity index (χ4v) is 2.03. The summed E-state index contributed by atoms with van der Waals surface area (Å²) >= 11 is 5.93. The van der Waals surface area contributed by atoms with Crippen LogP contribution in [-0.2, 0) is 11.3 Å². The molecule has 0 saturated carbocycles. The van der Waals surface area contributed by atoms with Crippen LogP contribution < -0.4 is 5.32 Å². The van der Waals surface area contributed by atoms with Crippen LogP contribution in [0.15, 0.2) is 10.6 Å². The van der Waals surface area contributed by atoms with Gasteiger partial charge in [-0.2, -0.15) is 0 Å². The van der Waals surface area contributed by atoms with E-state index in [0.717, 1.165) is 12.8 Å². The third kappa shape index (κ3) is 3.46. The van der Waals surface area contributed by atoms with E-state index in [1.165, 1.54) is 0 Å². The van der Waals surface area contributed by atoms with Crippen LogP contribution in [-0.4, -0.2) is 29.6 Å². The van der Waals surface area contributed by atoms with Gasteiger partial charge in [-0.1, -0.05) is 19.0 Å². The summed E-state index contributed by atoms with van der Waals surface area (Å²) in [7, 11) is 1.55. The zero-order chi connectivity index (χ0) is 13.6. The molecule has 0 aromatic carbocycles. The number of halogens is 1. The molecule has 1 amide bonds. The van der Waals surface area contributed by atoms with Crippen LogP contribution in [0.3, 0.4) is 0 Å². The number of carbonyl (C=O) groups excluding carboxylic acids is 1. The van der Waals surface area contributed by atoms with Crippen LogP contribution >= 0.6 is 11.6 Å². The Hall–Kier alpha value is -1.07. The Labute approximate surface area is 112 Å². The van der Waals surface area contributed by atoms with Gasteiger partial charge < -0.3 is 14.6 Å². The second-order valence-corrected chi connectivity index (χ2v) is 4.45. The summed E-state index contributed by atoms with van der Waals surface area (Å²) in [5, 5.41) is 6.63. The van der Waals surface area contributed by atoms with Gasteiger partial charge in [0.05, 0.1) is 5.54 Å². The number of nitrogens with one attached hydrogen (secondary N) is 1. The second-order valence-electron chi connectivity index (χ2n) is 4.19. The highest BCUT2D eigenvalue weighted by molar-refractivity contribution is 6.18. The van der Waals surface area contributed by atoms with Crippen molar-refractivity contribution in [1.82, 2.24) is 10.5 Å². The van der Waals surface area contributed by atoms with Crippen molar-refractivity contribution in [2.45, 2.75) is 38.8 Å². The van der Waals surface area contributed by atoms with Gasteiger partial charge in [-0.05, 0) is 12.8 Å². The molecule has 1 aromatic heterocycles. The minimum absolute atomic E-state index is 0.249. The first-order valence-corrected chi connectivity index (χ1v) is 6.47. The molecule has 102 valence electrons. The quantitative estimate of drug-likeness (QED) is 0.775. The fraction of sp³-hybridized carbons (Fsp3) is 0.667. The maximum Gasteiger partial charge on any atom is 0.273 e. The van der Waals surface area contributed by atoms with Crippen molar-refractivity contribution in [1.29, 1.82) is 0 Å². The molecule has 1 aromatic rings. The molecule has 0 aliphatic heterocycles. The van der Waals surface area contributed by atoms with Crippen molar-refractivity contribution in [2.75, 3.05) is 13.0 Å². The number of nitrogens with zero attached hydrogens (tertiary/aromatic N) is 1. The molecule has 0 radical (unpaired) electrons. The lowest BCUT2D eigenvalue weighted by Gasteiger charge is -2.30. The molecule has 0 spiro atoms. The van der Waals surface area contributed by atoms with Crippen molar-refractivity contribution in [2.24, 2.45) is 0 Å². The van der Waals surface area contributed by atoms with Crippen LogP contribution in [0, 0.1) is 0 Å². The third-order valence-electron chi connectivity index (χ3n) is 3.07. The van der Waals surface area contributed by atoms with E-state index in [0.29, 0.717) is 18.2 Å². The Morgan fingerprint density at radius 3 is 2.72 bits per heavy atom. The van der Waals surface area contributed by atoms with E-state index in [1.807, 2.05) is 13.8 Å². The zero-order valence-electron chi connectivity index (χ0n) is 11.0. The first-order valence-electron chi connectivity index (χ1n) is 5.93. The van der Waals surface area contributed by atoms with E-state index in [-0.39, 0.29) is 17.1 Å². The van der Waals surface area contributed by atoms with Crippen molar-refractivity contribution in [3.63, 3.8) is 0 Å². The molecular formula is C12H19ClN2O3. The Kier molecular flexibility index (Phi) is 5.62. The highest BCUT2D eigenvalue weighted by Gasteiger charge is 2.28. The highest BCUT2D eigenvalue weighted by atomic mass is 35.5. The average Bonchev–Trinajstić information content (AvgIpc) is 2.85. The maximum absolute atomic E-state index is 12.0. The predicted molar refractivity (Wildman–Crippen MR) is 68.7 cm³/mol. The van der Waals surface area contributed by atoms with E-state index >= 15 is 0 Å². The van der Waals surface area contributed by atoms with Gasteiger partial charge in [0.1, 0.15) is 6.61 Å². The standard InChI is InChI=1S/C12H19ClN2O3/c1-4-12(5-2,8-13)14-11(16)10-6-9(7-17-3)18-15-10/h6H,4-5,7-8H2,1-3H3,(H,14,16). The summed E-state index contributed by atoms with van der Waals surface area (Å²) in [5.74, 6) is 0.617. The lowest BCUT2D eigenvalue weighted by molar-refractivity contribution is 0.0892. The third-order valence-corrected chi connectivity index (χ3v) is 3.58. The number of ether oxygens (including phenoxy) is 1. The topological polar surface area (TPSA) is 64.4 Å². The Morgan fingerprint density at radius 1 is 1.56 bits per heavy atom. The minimum atomic E-state index is -0.390. The van der Waals surface area contributed by atoms with E-state index in [1.54, 1.807) is 13.2 Å². The fourth-order valence-electron chi connectivity index (χ4n) is 1.58. The van der Waals surface area contributed by atoms with Crippen LogP contribution in [0.1, 0.15) is 42.9 Å². The lowest BCUT2D eigenvalue weighted by atomic mass is 9.95. The number of amides is 1. The summed E-state index contributed by atoms with van der Waals surface area (Å²) in [4.78, 5) is 12.0. The van der Waals surface area contributed by atoms with Gasteiger partial charge >= 0.3 is 0 Å². The highest BCUT2D eigenvalue weighted by Crippen LogP contribution is 2.18.